The molecule has 0 nitrogen and oxygen atoms in total. The standard InChI is InChI=1S/C11H12ClF/c1-8(2)6-7-9-4-3-5-10(12)11(9)13/h3-5H,1,6-7H2,2H3. The smallest absolute Gasteiger partial charge is 0.144 e. The topological polar surface area (TPSA) is 0 Å². The molecule has 0 aliphatic heterocycles. The van der Waals surface area contributed by atoms with Gasteiger partial charge in [0.25, 0.3) is 0 Å². The molecule has 1 aromatic carbocycles. The molecule has 13 heavy (non-hydrogen) atoms. The summed E-state index contributed by atoms with van der Waals surface area (Å²) in [5.41, 5.74) is 1.72. The number of aryl methyl sites for hydroxylation is 1. The summed E-state index contributed by atoms with van der Waals surface area (Å²) in [5.74, 6) is -0.301. The van der Waals surface area contributed by atoms with E-state index >= 15 is 0 Å². The Kier molecular flexibility index (Phi) is 3.49. The van der Waals surface area contributed by atoms with Crippen molar-refractivity contribution in [2.75, 3.05) is 0 Å². The second kappa shape index (κ2) is 4.43. The van der Waals surface area contributed by atoms with Gasteiger partial charge < -0.3 is 0 Å². The van der Waals surface area contributed by atoms with Gasteiger partial charge in [-0.05, 0) is 31.4 Å². The fourth-order valence-electron chi connectivity index (χ4n) is 1.09. The predicted octanol–water partition coefficient (Wildman–Crippen LogP) is 3.99. The van der Waals surface area contributed by atoms with E-state index in [1.165, 1.54) is 0 Å². The van der Waals surface area contributed by atoms with Gasteiger partial charge in [-0.2, -0.15) is 0 Å². The molecule has 0 saturated carbocycles. The molecule has 2 heteroatoms. The molecule has 0 N–H and O–H groups in total. The summed E-state index contributed by atoms with van der Waals surface area (Å²) in [6.07, 6.45) is 1.47. The third-order valence-electron chi connectivity index (χ3n) is 1.85. The van der Waals surface area contributed by atoms with Gasteiger partial charge in [0.2, 0.25) is 0 Å². The molecule has 0 radical (unpaired) electrons. The van der Waals surface area contributed by atoms with Crippen molar-refractivity contribution in [3.63, 3.8) is 0 Å². The average molecular weight is 199 g/mol. The highest BCUT2D eigenvalue weighted by molar-refractivity contribution is 6.30. The van der Waals surface area contributed by atoms with Crippen LogP contribution in [0.1, 0.15) is 18.9 Å². The van der Waals surface area contributed by atoms with E-state index in [9.17, 15) is 4.39 Å². The SMILES string of the molecule is C=C(C)CCc1cccc(Cl)c1F. The van der Waals surface area contributed by atoms with Crippen molar-refractivity contribution >= 4 is 11.6 Å². The normalized spacial score (nSPS) is 10.1. The highest BCUT2D eigenvalue weighted by Crippen LogP contribution is 2.19. The molecule has 70 valence electrons. The minimum atomic E-state index is -0.301. The molecule has 0 fully saturated rings. The van der Waals surface area contributed by atoms with Crippen LogP contribution in [-0.4, -0.2) is 0 Å². The molecule has 0 aliphatic rings. The number of rotatable bonds is 3. The van der Waals surface area contributed by atoms with Crippen LogP contribution in [-0.2, 0) is 6.42 Å². The maximum atomic E-state index is 13.3. The Morgan fingerprint density at radius 3 is 2.85 bits per heavy atom. The molecule has 0 atom stereocenters. The minimum Gasteiger partial charge on any atom is -0.205 e. The van der Waals surface area contributed by atoms with Crippen molar-refractivity contribution in [3.8, 4) is 0 Å². The van der Waals surface area contributed by atoms with Gasteiger partial charge in [0.1, 0.15) is 5.82 Å². The molecule has 0 spiro atoms. The molecular formula is C11H12ClF. The first-order valence-electron chi connectivity index (χ1n) is 4.18. The second-order valence-electron chi connectivity index (χ2n) is 3.17. The van der Waals surface area contributed by atoms with Gasteiger partial charge in [0, 0.05) is 0 Å². The Labute approximate surface area is 83.0 Å². The van der Waals surface area contributed by atoms with Crippen molar-refractivity contribution < 1.29 is 4.39 Å². The highest BCUT2D eigenvalue weighted by Gasteiger charge is 2.04. The van der Waals surface area contributed by atoms with Crippen LogP contribution in [0.25, 0.3) is 0 Å². The Bertz CT molecular complexity index is 318. The summed E-state index contributed by atoms with van der Waals surface area (Å²) < 4.78 is 13.3. The van der Waals surface area contributed by atoms with Crippen LogP contribution in [0.2, 0.25) is 5.02 Å². The lowest BCUT2D eigenvalue weighted by Gasteiger charge is -2.03. The Morgan fingerprint density at radius 2 is 2.23 bits per heavy atom. The van der Waals surface area contributed by atoms with Crippen LogP contribution in [0.15, 0.2) is 30.4 Å². The van der Waals surface area contributed by atoms with E-state index in [1.54, 1.807) is 18.2 Å². The summed E-state index contributed by atoms with van der Waals surface area (Å²) >= 11 is 5.63. The van der Waals surface area contributed by atoms with Crippen molar-refractivity contribution in [2.45, 2.75) is 19.8 Å². The van der Waals surface area contributed by atoms with E-state index in [2.05, 4.69) is 6.58 Å². The zero-order valence-corrected chi connectivity index (χ0v) is 8.37. The first kappa shape index (κ1) is 10.3. The molecular weight excluding hydrogens is 187 g/mol. The quantitative estimate of drug-likeness (QED) is 0.645. The molecule has 0 heterocycles. The van der Waals surface area contributed by atoms with Crippen molar-refractivity contribution in [1.82, 2.24) is 0 Å². The van der Waals surface area contributed by atoms with Crippen molar-refractivity contribution in [3.05, 3.63) is 46.8 Å². The van der Waals surface area contributed by atoms with Crippen LogP contribution in [0.4, 0.5) is 4.39 Å². The van der Waals surface area contributed by atoms with Gasteiger partial charge in [-0.25, -0.2) is 4.39 Å². The number of hydrogen-bond acceptors (Lipinski definition) is 0. The van der Waals surface area contributed by atoms with Crippen molar-refractivity contribution in [1.29, 1.82) is 0 Å². The third-order valence-corrected chi connectivity index (χ3v) is 2.14. The molecule has 0 aromatic heterocycles. The van der Waals surface area contributed by atoms with E-state index in [0.717, 1.165) is 12.0 Å². The molecule has 0 saturated heterocycles. The number of benzene rings is 1. The second-order valence-corrected chi connectivity index (χ2v) is 3.58. The summed E-state index contributed by atoms with van der Waals surface area (Å²) in [6.45, 7) is 5.70. The van der Waals surface area contributed by atoms with E-state index in [1.807, 2.05) is 6.92 Å². The van der Waals surface area contributed by atoms with Crippen LogP contribution < -0.4 is 0 Å². The number of hydrogen-bond donors (Lipinski definition) is 0. The summed E-state index contributed by atoms with van der Waals surface area (Å²) in [6, 6.07) is 5.07. The van der Waals surface area contributed by atoms with Crippen LogP contribution in [0, 0.1) is 5.82 Å². The fourth-order valence-corrected chi connectivity index (χ4v) is 1.28. The molecule has 0 unspecified atom stereocenters. The van der Waals surface area contributed by atoms with Crippen LogP contribution in [0.5, 0.6) is 0 Å². The number of allylic oxidation sites excluding steroid dienone is 1. The Balaban J connectivity index is 2.77. The fraction of sp³-hybridized carbons (Fsp3) is 0.273. The van der Waals surface area contributed by atoms with Gasteiger partial charge in [-0.1, -0.05) is 29.3 Å². The lowest BCUT2D eigenvalue weighted by Crippen LogP contribution is -1.91. The molecule has 0 bridgehead atoms. The molecule has 0 aliphatic carbocycles. The van der Waals surface area contributed by atoms with Gasteiger partial charge in [0.15, 0.2) is 0 Å². The van der Waals surface area contributed by atoms with Gasteiger partial charge in [-0.15, -0.1) is 6.58 Å². The number of halogens is 2. The first-order valence-corrected chi connectivity index (χ1v) is 4.56. The maximum Gasteiger partial charge on any atom is 0.144 e. The van der Waals surface area contributed by atoms with Crippen LogP contribution >= 0.6 is 11.6 Å². The van der Waals surface area contributed by atoms with E-state index in [0.29, 0.717) is 12.0 Å². The van der Waals surface area contributed by atoms with E-state index in [-0.39, 0.29) is 10.8 Å². The Hall–Kier alpha value is -0.820. The molecule has 1 rings (SSSR count). The molecule has 1 aromatic rings. The largest absolute Gasteiger partial charge is 0.205 e. The zero-order valence-electron chi connectivity index (χ0n) is 7.61. The summed E-state index contributed by atoms with van der Waals surface area (Å²) in [7, 11) is 0. The van der Waals surface area contributed by atoms with E-state index < -0.39 is 0 Å². The minimum absolute atomic E-state index is 0.194. The van der Waals surface area contributed by atoms with Gasteiger partial charge in [-0.3, -0.25) is 0 Å². The summed E-state index contributed by atoms with van der Waals surface area (Å²) in [4.78, 5) is 0. The molecule has 0 amide bonds. The first-order chi connectivity index (χ1) is 6.11. The predicted molar refractivity (Wildman–Crippen MR) is 54.5 cm³/mol. The zero-order chi connectivity index (χ0) is 9.84. The van der Waals surface area contributed by atoms with Gasteiger partial charge >= 0.3 is 0 Å². The summed E-state index contributed by atoms with van der Waals surface area (Å²) in [5, 5.41) is 0.194. The van der Waals surface area contributed by atoms with E-state index in [4.69, 9.17) is 11.6 Å². The maximum absolute atomic E-state index is 13.3. The lowest BCUT2D eigenvalue weighted by atomic mass is 10.1. The van der Waals surface area contributed by atoms with Crippen LogP contribution in [0.3, 0.4) is 0 Å². The Morgan fingerprint density at radius 1 is 1.54 bits per heavy atom. The highest BCUT2D eigenvalue weighted by atomic mass is 35.5. The average Bonchev–Trinajstić information content (AvgIpc) is 2.07. The van der Waals surface area contributed by atoms with Crippen molar-refractivity contribution in [2.24, 2.45) is 0 Å². The monoisotopic (exact) mass is 198 g/mol. The third kappa shape index (κ3) is 2.85. The lowest BCUT2D eigenvalue weighted by molar-refractivity contribution is 0.609. The van der Waals surface area contributed by atoms with Gasteiger partial charge in [0.05, 0.1) is 5.02 Å².